The predicted octanol–water partition coefficient (Wildman–Crippen LogP) is -0.0258. The molecule has 1 saturated heterocycles. The van der Waals surface area contributed by atoms with Gasteiger partial charge in [0.2, 0.25) is 5.91 Å². The Labute approximate surface area is 104 Å². The van der Waals surface area contributed by atoms with E-state index in [1.807, 2.05) is 0 Å². The zero-order valence-electron chi connectivity index (χ0n) is 9.92. The number of carbonyl (C=O) groups is 3. The molecule has 0 aromatic rings. The Balaban J connectivity index is 2.52. The molecule has 1 atom stereocenters. The van der Waals surface area contributed by atoms with Crippen LogP contribution in [0.2, 0.25) is 0 Å². The first-order valence-corrected chi connectivity index (χ1v) is 5.60. The summed E-state index contributed by atoms with van der Waals surface area (Å²) in [5.74, 6) is -1.59. The van der Waals surface area contributed by atoms with Crippen molar-refractivity contribution in [2.45, 2.75) is 18.9 Å². The third-order valence-corrected chi connectivity index (χ3v) is 2.53. The van der Waals surface area contributed by atoms with E-state index in [0.717, 1.165) is 0 Å². The van der Waals surface area contributed by atoms with Crippen LogP contribution in [0, 0.1) is 0 Å². The minimum Gasteiger partial charge on any atom is -0.480 e. The van der Waals surface area contributed by atoms with E-state index in [2.05, 4.69) is 11.9 Å². The topological polar surface area (TPSA) is 95.9 Å². The summed E-state index contributed by atoms with van der Waals surface area (Å²) in [6.07, 6.45) is 2.05. The summed E-state index contributed by atoms with van der Waals surface area (Å²) in [5, 5.41) is 10.7. The fourth-order valence-corrected chi connectivity index (χ4v) is 1.75. The Kier molecular flexibility index (Phi) is 5.16. The number of nitrogens with zero attached hydrogens (tertiary/aromatic N) is 1. The van der Waals surface area contributed by atoms with Gasteiger partial charge in [0.15, 0.2) is 0 Å². The van der Waals surface area contributed by atoms with Gasteiger partial charge in [0.25, 0.3) is 0 Å². The molecule has 0 aliphatic carbocycles. The van der Waals surface area contributed by atoms with Gasteiger partial charge in [0, 0.05) is 6.54 Å². The molecular weight excluding hydrogens is 240 g/mol. The summed E-state index contributed by atoms with van der Waals surface area (Å²) in [4.78, 5) is 35.0. The maximum absolute atomic E-state index is 11.7. The minimum atomic E-state index is -1.12. The number of likely N-dealkylation sites (tertiary alicyclic amines) is 1. The van der Waals surface area contributed by atoms with E-state index in [1.54, 1.807) is 0 Å². The zero-order chi connectivity index (χ0) is 13.5. The van der Waals surface area contributed by atoms with Crippen LogP contribution in [0.1, 0.15) is 12.8 Å². The van der Waals surface area contributed by atoms with Gasteiger partial charge in [-0.2, -0.15) is 0 Å². The van der Waals surface area contributed by atoms with E-state index in [4.69, 9.17) is 9.84 Å². The molecule has 18 heavy (non-hydrogen) atoms. The fraction of sp³-hybridized carbons (Fsp3) is 0.545. The Morgan fingerprint density at radius 3 is 2.83 bits per heavy atom. The summed E-state index contributed by atoms with van der Waals surface area (Å²) < 4.78 is 4.85. The van der Waals surface area contributed by atoms with Crippen LogP contribution in [0.15, 0.2) is 12.7 Å². The molecule has 1 aliphatic heterocycles. The van der Waals surface area contributed by atoms with Crippen LogP contribution in [-0.2, 0) is 14.3 Å². The lowest BCUT2D eigenvalue weighted by Gasteiger charge is -2.22. The van der Waals surface area contributed by atoms with E-state index in [9.17, 15) is 14.4 Å². The summed E-state index contributed by atoms with van der Waals surface area (Å²) in [7, 11) is 0. The van der Waals surface area contributed by atoms with Crippen molar-refractivity contribution in [2.75, 3.05) is 19.7 Å². The van der Waals surface area contributed by atoms with E-state index in [-0.39, 0.29) is 6.61 Å². The lowest BCUT2D eigenvalue weighted by atomic mass is 10.2. The molecule has 2 amide bonds. The van der Waals surface area contributed by atoms with Crippen molar-refractivity contribution in [3.05, 3.63) is 12.7 Å². The van der Waals surface area contributed by atoms with Crippen molar-refractivity contribution in [1.82, 2.24) is 10.2 Å². The second-order valence-corrected chi connectivity index (χ2v) is 3.83. The third kappa shape index (κ3) is 3.76. The van der Waals surface area contributed by atoms with Gasteiger partial charge in [-0.3, -0.25) is 14.5 Å². The molecule has 0 bridgehead atoms. The van der Waals surface area contributed by atoms with Crippen LogP contribution in [0.25, 0.3) is 0 Å². The Bertz CT molecular complexity index is 355. The molecular formula is C11H16N2O5. The number of rotatable bonds is 5. The number of carboxylic acid groups (broad SMARTS) is 1. The van der Waals surface area contributed by atoms with Crippen LogP contribution in [-0.4, -0.2) is 53.7 Å². The lowest BCUT2D eigenvalue weighted by Crippen LogP contribution is -2.47. The first-order valence-electron chi connectivity index (χ1n) is 5.60. The van der Waals surface area contributed by atoms with E-state index in [0.29, 0.717) is 19.4 Å². The highest BCUT2D eigenvalue weighted by atomic mass is 16.6. The first-order chi connectivity index (χ1) is 8.56. The summed E-state index contributed by atoms with van der Waals surface area (Å²) in [6, 6.07) is -0.651. The standard InChI is InChI=1S/C11H16N2O5/c1-2-6-18-11(17)13-5-3-4-8(13)10(16)12-7-9(14)15/h2,8H,1,3-7H2,(H,12,16)(H,14,15)/t8-/m1/s1. The van der Waals surface area contributed by atoms with E-state index >= 15 is 0 Å². The van der Waals surface area contributed by atoms with E-state index < -0.39 is 30.6 Å². The molecule has 1 fully saturated rings. The highest BCUT2D eigenvalue weighted by Crippen LogP contribution is 2.18. The second-order valence-electron chi connectivity index (χ2n) is 3.83. The fourth-order valence-electron chi connectivity index (χ4n) is 1.75. The van der Waals surface area contributed by atoms with Crippen LogP contribution in [0.4, 0.5) is 4.79 Å². The summed E-state index contributed by atoms with van der Waals surface area (Å²) >= 11 is 0. The minimum absolute atomic E-state index is 0.0821. The Hall–Kier alpha value is -2.05. The van der Waals surface area contributed by atoms with Crippen molar-refractivity contribution in [2.24, 2.45) is 0 Å². The molecule has 0 saturated carbocycles. The summed E-state index contributed by atoms with van der Waals surface area (Å²) in [5.41, 5.74) is 0. The van der Waals surface area contributed by atoms with Crippen molar-refractivity contribution >= 4 is 18.0 Å². The number of hydrogen-bond acceptors (Lipinski definition) is 4. The Morgan fingerprint density at radius 2 is 2.22 bits per heavy atom. The molecule has 1 rings (SSSR count). The molecule has 100 valence electrons. The third-order valence-electron chi connectivity index (χ3n) is 2.53. The number of nitrogens with one attached hydrogen (secondary N) is 1. The quantitative estimate of drug-likeness (QED) is 0.674. The highest BCUT2D eigenvalue weighted by Gasteiger charge is 2.34. The van der Waals surface area contributed by atoms with E-state index in [1.165, 1.54) is 11.0 Å². The number of ether oxygens (including phenoxy) is 1. The summed E-state index contributed by atoms with van der Waals surface area (Å²) in [6.45, 7) is 3.48. The number of aliphatic carboxylic acids is 1. The average molecular weight is 256 g/mol. The molecule has 7 heteroatoms. The Morgan fingerprint density at radius 1 is 1.50 bits per heavy atom. The van der Waals surface area contributed by atoms with Gasteiger partial charge >= 0.3 is 12.1 Å². The monoisotopic (exact) mass is 256 g/mol. The normalized spacial score (nSPS) is 18.2. The first kappa shape index (κ1) is 14.0. The maximum Gasteiger partial charge on any atom is 0.410 e. The van der Waals surface area contributed by atoms with Crippen LogP contribution in [0.3, 0.4) is 0 Å². The molecule has 0 aromatic carbocycles. The van der Waals surface area contributed by atoms with Gasteiger partial charge in [-0.25, -0.2) is 4.79 Å². The molecule has 1 aliphatic rings. The lowest BCUT2D eigenvalue weighted by molar-refractivity contribution is -0.138. The largest absolute Gasteiger partial charge is 0.480 e. The smallest absolute Gasteiger partial charge is 0.410 e. The molecule has 0 unspecified atom stereocenters. The molecule has 0 radical (unpaired) electrons. The van der Waals surface area contributed by atoms with Crippen molar-refractivity contribution < 1.29 is 24.2 Å². The SMILES string of the molecule is C=CCOC(=O)N1CCC[C@@H]1C(=O)NCC(=O)O. The van der Waals surface area contributed by atoms with Crippen LogP contribution >= 0.6 is 0 Å². The molecule has 0 spiro atoms. The van der Waals surface area contributed by atoms with Crippen molar-refractivity contribution in [3.8, 4) is 0 Å². The number of hydrogen-bond donors (Lipinski definition) is 2. The maximum atomic E-state index is 11.7. The second kappa shape index (κ2) is 6.63. The van der Waals surface area contributed by atoms with Crippen molar-refractivity contribution in [3.63, 3.8) is 0 Å². The number of carbonyl (C=O) groups excluding carboxylic acids is 2. The van der Waals surface area contributed by atoms with Crippen LogP contribution < -0.4 is 5.32 Å². The van der Waals surface area contributed by atoms with Crippen molar-refractivity contribution in [1.29, 1.82) is 0 Å². The number of amides is 2. The van der Waals surface area contributed by atoms with Gasteiger partial charge in [-0.05, 0) is 12.8 Å². The average Bonchev–Trinajstić information content (AvgIpc) is 2.82. The number of carboxylic acids is 1. The van der Waals surface area contributed by atoms with Crippen LogP contribution in [0.5, 0.6) is 0 Å². The molecule has 0 aromatic heterocycles. The van der Waals surface area contributed by atoms with Gasteiger partial charge in [-0.15, -0.1) is 0 Å². The highest BCUT2D eigenvalue weighted by molar-refractivity contribution is 5.88. The predicted molar refractivity (Wildman–Crippen MR) is 61.9 cm³/mol. The van der Waals surface area contributed by atoms with Gasteiger partial charge in [-0.1, -0.05) is 12.7 Å². The molecule has 7 nitrogen and oxygen atoms in total. The van der Waals surface area contributed by atoms with Gasteiger partial charge in [0.1, 0.15) is 19.2 Å². The molecule has 2 N–H and O–H groups in total. The molecule has 1 heterocycles. The van der Waals surface area contributed by atoms with Gasteiger partial charge < -0.3 is 15.2 Å². The zero-order valence-corrected chi connectivity index (χ0v) is 9.92. The van der Waals surface area contributed by atoms with Gasteiger partial charge in [0.05, 0.1) is 0 Å².